The van der Waals surface area contributed by atoms with E-state index >= 15 is 0 Å². The second-order valence-electron chi connectivity index (χ2n) is 6.04. The third kappa shape index (κ3) is 3.92. The molecule has 0 atom stereocenters. The lowest BCUT2D eigenvalue weighted by atomic mass is 10.2. The Morgan fingerprint density at radius 1 is 1.00 bits per heavy atom. The Morgan fingerprint density at radius 3 is 2.69 bits per heavy atom. The summed E-state index contributed by atoms with van der Waals surface area (Å²) in [6.07, 6.45) is 3.58. The van der Waals surface area contributed by atoms with Gasteiger partial charge in [-0.3, -0.25) is 0 Å². The van der Waals surface area contributed by atoms with Crippen LogP contribution in [0.25, 0.3) is 11.3 Å². The normalized spacial score (nSPS) is 14.3. The Bertz CT molecular complexity index is 894. The maximum atomic E-state index is 6.03. The molecule has 2 aromatic heterocycles. The number of hydrogen-bond donors (Lipinski definition) is 2. The highest BCUT2D eigenvalue weighted by Crippen LogP contribution is 2.23. The molecule has 1 aromatic carbocycles. The van der Waals surface area contributed by atoms with Crippen molar-refractivity contribution in [1.82, 2.24) is 20.3 Å². The van der Waals surface area contributed by atoms with E-state index < -0.39 is 0 Å². The molecule has 0 unspecified atom stereocenters. The van der Waals surface area contributed by atoms with Crippen molar-refractivity contribution in [2.45, 2.75) is 0 Å². The van der Waals surface area contributed by atoms with Crippen LogP contribution in [0, 0.1) is 0 Å². The van der Waals surface area contributed by atoms with E-state index in [2.05, 4.69) is 36.6 Å². The van der Waals surface area contributed by atoms with E-state index in [1.807, 2.05) is 42.6 Å². The van der Waals surface area contributed by atoms with Gasteiger partial charge in [0.1, 0.15) is 5.82 Å². The number of piperazine rings is 1. The smallest absolute Gasteiger partial charge is 0.227 e. The van der Waals surface area contributed by atoms with Gasteiger partial charge in [0.05, 0.1) is 5.69 Å². The molecule has 26 heavy (non-hydrogen) atoms. The minimum Gasteiger partial charge on any atom is -0.354 e. The molecule has 0 radical (unpaired) electrons. The van der Waals surface area contributed by atoms with Gasteiger partial charge in [-0.2, -0.15) is 0 Å². The summed E-state index contributed by atoms with van der Waals surface area (Å²) in [4.78, 5) is 15.7. The van der Waals surface area contributed by atoms with Crippen molar-refractivity contribution in [1.29, 1.82) is 0 Å². The van der Waals surface area contributed by atoms with Crippen LogP contribution >= 0.6 is 11.6 Å². The largest absolute Gasteiger partial charge is 0.354 e. The molecule has 7 heteroatoms. The van der Waals surface area contributed by atoms with Gasteiger partial charge < -0.3 is 15.5 Å². The Labute approximate surface area is 157 Å². The standard InChI is InChI=1S/C19H19ClN6/c20-15-2-1-3-16(13-15)24-19-23-7-5-17(25-19)14-4-6-22-18(12-14)26-10-8-21-9-11-26/h1-7,12-13,21H,8-11H2,(H,23,24,25). The van der Waals surface area contributed by atoms with Crippen molar-refractivity contribution < 1.29 is 0 Å². The first-order valence-corrected chi connectivity index (χ1v) is 8.93. The number of rotatable bonds is 4. The van der Waals surface area contributed by atoms with Crippen LogP contribution in [0.1, 0.15) is 0 Å². The molecule has 2 N–H and O–H groups in total. The predicted molar refractivity (Wildman–Crippen MR) is 105 cm³/mol. The van der Waals surface area contributed by atoms with Crippen LogP contribution in [0.5, 0.6) is 0 Å². The summed E-state index contributed by atoms with van der Waals surface area (Å²) in [7, 11) is 0. The Hall–Kier alpha value is -2.70. The van der Waals surface area contributed by atoms with Crippen molar-refractivity contribution in [2.24, 2.45) is 0 Å². The van der Waals surface area contributed by atoms with Gasteiger partial charge in [-0.15, -0.1) is 0 Å². The quantitative estimate of drug-likeness (QED) is 0.738. The average Bonchev–Trinajstić information content (AvgIpc) is 2.69. The monoisotopic (exact) mass is 366 g/mol. The van der Waals surface area contributed by atoms with E-state index in [-0.39, 0.29) is 0 Å². The minimum atomic E-state index is 0.533. The van der Waals surface area contributed by atoms with Crippen molar-refractivity contribution in [3.8, 4) is 11.3 Å². The number of anilines is 3. The van der Waals surface area contributed by atoms with E-state index in [0.29, 0.717) is 11.0 Å². The molecule has 4 rings (SSSR count). The van der Waals surface area contributed by atoms with Gasteiger partial charge in [-0.05, 0) is 36.4 Å². The number of benzene rings is 1. The second kappa shape index (κ2) is 7.68. The third-order valence-electron chi connectivity index (χ3n) is 4.22. The number of hydrogen-bond acceptors (Lipinski definition) is 6. The lowest BCUT2D eigenvalue weighted by Crippen LogP contribution is -2.43. The average molecular weight is 367 g/mol. The van der Waals surface area contributed by atoms with E-state index in [0.717, 1.165) is 48.9 Å². The van der Waals surface area contributed by atoms with E-state index in [4.69, 9.17) is 11.6 Å². The zero-order chi connectivity index (χ0) is 17.8. The summed E-state index contributed by atoms with van der Waals surface area (Å²) in [5.74, 6) is 1.51. The minimum absolute atomic E-state index is 0.533. The fraction of sp³-hybridized carbons (Fsp3) is 0.211. The molecule has 1 aliphatic rings. The van der Waals surface area contributed by atoms with Gasteiger partial charge in [-0.25, -0.2) is 15.0 Å². The number of halogens is 1. The summed E-state index contributed by atoms with van der Waals surface area (Å²) in [6, 6.07) is 13.4. The molecule has 1 saturated heterocycles. The molecular weight excluding hydrogens is 348 g/mol. The van der Waals surface area contributed by atoms with E-state index in [1.54, 1.807) is 6.20 Å². The topological polar surface area (TPSA) is 66.0 Å². The van der Waals surface area contributed by atoms with Crippen LogP contribution < -0.4 is 15.5 Å². The molecule has 132 valence electrons. The van der Waals surface area contributed by atoms with Crippen LogP contribution in [0.3, 0.4) is 0 Å². The molecule has 0 saturated carbocycles. The maximum absolute atomic E-state index is 6.03. The summed E-state index contributed by atoms with van der Waals surface area (Å²) in [6.45, 7) is 3.88. The zero-order valence-electron chi connectivity index (χ0n) is 14.2. The van der Waals surface area contributed by atoms with Gasteiger partial charge in [0.25, 0.3) is 0 Å². The first kappa shape index (κ1) is 16.8. The van der Waals surface area contributed by atoms with E-state index in [9.17, 15) is 0 Å². The van der Waals surface area contributed by atoms with Gasteiger partial charge in [-0.1, -0.05) is 17.7 Å². The fourth-order valence-corrected chi connectivity index (χ4v) is 3.11. The number of nitrogens with zero attached hydrogens (tertiary/aromatic N) is 4. The molecular formula is C19H19ClN6. The highest BCUT2D eigenvalue weighted by Gasteiger charge is 2.13. The zero-order valence-corrected chi connectivity index (χ0v) is 14.9. The SMILES string of the molecule is Clc1cccc(Nc2nccc(-c3ccnc(N4CCNCC4)c3)n2)c1. The molecule has 0 bridgehead atoms. The Kier molecular flexibility index (Phi) is 4.95. The summed E-state index contributed by atoms with van der Waals surface area (Å²) >= 11 is 6.03. The second-order valence-corrected chi connectivity index (χ2v) is 6.48. The molecule has 0 amide bonds. The van der Waals surface area contributed by atoms with Crippen LogP contribution in [0.4, 0.5) is 17.5 Å². The van der Waals surface area contributed by atoms with E-state index in [1.165, 1.54) is 0 Å². The maximum Gasteiger partial charge on any atom is 0.227 e. The van der Waals surface area contributed by atoms with Crippen molar-refractivity contribution in [3.63, 3.8) is 0 Å². The summed E-state index contributed by atoms with van der Waals surface area (Å²) < 4.78 is 0. The van der Waals surface area contributed by atoms with Crippen LogP contribution in [-0.2, 0) is 0 Å². The predicted octanol–water partition coefficient (Wildman–Crippen LogP) is 3.35. The van der Waals surface area contributed by atoms with Crippen LogP contribution in [0.15, 0.2) is 54.9 Å². The molecule has 1 aliphatic heterocycles. The van der Waals surface area contributed by atoms with Gasteiger partial charge in [0.2, 0.25) is 5.95 Å². The van der Waals surface area contributed by atoms with Crippen molar-refractivity contribution >= 4 is 29.1 Å². The first-order valence-electron chi connectivity index (χ1n) is 8.56. The van der Waals surface area contributed by atoms with Gasteiger partial charge in [0, 0.05) is 54.8 Å². The number of aromatic nitrogens is 3. The fourth-order valence-electron chi connectivity index (χ4n) is 2.92. The summed E-state index contributed by atoms with van der Waals surface area (Å²) in [5, 5.41) is 7.22. The third-order valence-corrected chi connectivity index (χ3v) is 4.45. The molecule has 0 spiro atoms. The lowest BCUT2D eigenvalue weighted by molar-refractivity contribution is 0.585. The van der Waals surface area contributed by atoms with Gasteiger partial charge >= 0.3 is 0 Å². The molecule has 6 nitrogen and oxygen atoms in total. The number of nitrogens with one attached hydrogen (secondary N) is 2. The van der Waals surface area contributed by atoms with Gasteiger partial charge in [0.15, 0.2) is 0 Å². The Morgan fingerprint density at radius 2 is 1.85 bits per heavy atom. The highest BCUT2D eigenvalue weighted by atomic mass is 35.5. The lowest BCUT2D eigenvalue weighted by Gasteiger charge is -2.28. The first-order chi connectivity index (χ1) is 12.8. The van der Waals surface area contributed by atoms with Crippen LogP contribution in [-0.4, -0.2) is 41.1 Å². The highest BCUT2D eigenvalue weighted by molar-refractivity contribution is 6.30. The van der Waals surface area contributed by atoms with Crippen LogP contribution in [0.2, 0.25) is 5.02 Å². The molecule has 3 aromatic rings. The summed E-state index contributed by atoms with van der Waals surface area (Å²) in [5.41, 5.74) is 2.72. The molecule has 0 aliphatic carbocycles. The molecule has 3 heterocycles. The van der Waals surface area contributed by atoms with Crippen molar-refractivity contribution in [3.05, 3.63) is 59.9 Å². The molecule has 1 fully saturated rings. The number of pyridine rings is 1. The Balaban J connectivity index is 1.58. The van der Waals surface area contributed by atoms with Crippen molar-refractivity contribution in [2.75, 3.05) is 36.4 Å².